The van der Waals surface area contributed by atoms with Gasteiger partial charge in [0, 0.05) is 43.8 Å². The molecule has 1 fully saturated rings. The quantitative estimate of drug-likeness (QED) is 0.458. The minimum absolute atomic E-state index is 0.0421. The molecule has 0 bridgehead atoms. The van der Waals surface area contributed by atoms with Crippen molar-refractivity contribution in [1.29, 1.82) is 0 Å². The zero-order valence-electron chi connectivity index (χ0n) is 20.9. The number of aromatic nitrogens is 3. The zero-order chi connectivity index (χ0) is 24.5. The van der Waals surface area contributed by atoms with Crippen molar-refractivity contribution < 1.29 is 4.79 Å². The number of hydrogen-bond acceptors (Lipinski definition) is 4. The van der Waals surface area contributed by atoms with Gasteiger partial charge >= 0.3 is 6.03 Å². The first-order valence-electron chi connectivity index (χ1n) is 12.1. The maximum Gasteiger partial charge on any atom is 0.321 e. The van der Waals surface area contributed by atoms with Crippen LogP contribution in [-0.4, -0.2) is 56.5 Å². The lowest BCUT2D eigenvalue weighted by Crippen LogP contribution is -2.49. The maximum atomic E-state index is 12.8. The Morgan fingerprint density at radius 3 is 2.37 bits per heavy atom. The van der Waals surface area contributed by atoms with Gasteiger partial charge in [0.25, 0.3) is 0 Å². The monoisotopic (exact) mass is 468 g/mol. The second-order valence-corrected chi connectivity index (χ2v) is 9.55. The fourth-order valence-corrected chi connectivity index (χ4v) is 4.75. The smallest absolute Gasteiger partial charge is 0.321 e. The first kappa shape index (κ1) is 23.1. The Hall–Kier alpha value is -3.71. The molecule has 0 saturated carbocycles. The number of carbonyl (C=O) groups is 1. The predicted molar refractivity (Wildman–Crippen MR) is 140 cm³/mol. The molecule has 0 spiro atoms. The van der Waals surface area contributed by atoms with Crippen molar-refractivity contribution in [2.75, 3.05) is 31.5 Å². The summed E-state index contributed by atoms with van der Waals surface area (Å²) in [6.07, 6.45) is 1.82. The molecule has 2 aromatic heterocycles. The summed E-state index contributed by atoms with van der Waals surface area (Å²) in [5, 5.41) is 3.05. The van der Waals surface area contributed by atoms with Crippen LogP contribution in [0.2, 0.25) is 0 Å². The van der Waals surface area contributed by atoms with Gasteiger partial charge in [-0.05, 0) is 86.3 Å². The molecule has 7 nitrogen and oxygen atoms in total. The number of piperazine rings is 1. The highest BCUT2D eigenvalue weighted by molar-refractivity contribution is 5.89. The highest BCUT2D eigenvalue weighted by Gasteiger charge is 2.23. The van der Waals surface area contributed by atoms with Gasteiger partial charge in [-0.15, -0.1) is 0 Å². The van der Waals surface area contributed by atoms with Gasteiger partial charge in [-0.3, -0.25) is 9.47 Å². The largest absolute Gasteiger partial charge is 0.322 e. The number of hydrogen-bond donors (Lipinski definition) is 1. The molecule has 2 aromatic carbocycles. The Kier molecular flexibility index (Phi) is 6.26. The molecule has 4 aromatic rings. The molecule has 0 aliphatic carbocycles. The SMILES string of the molecule is Cc1cc(C)cc(-n2c(CN3CCN(C(=O)Nc4ccc(C)c(C)c4)CC3)nc3cccnc32)c1. The Labute approximate surface area is 206 Å². The number of amides is 2. The number of benzene rings is 2. The van der Waals surface area contributed by atoms with Crippen LogP contribution in [-0.2, 0) is 6.54 Å². The van der Waals surface area contributed by atoms with Crippen LogP contribution in [0.3, 0.4) is 0 Å². The lowest BCUT2D eigenvalue weighted by molar-refractivity contribution is 0.140. The second-order valence-electron chi connectivity index (χ2n) is 9.55. The van der Waals surface area contributed by atoms with Crippen LogP contribution in [0, 0.1) is 27.7 Å². The second kappa shape index (κ2) is 9.50. The molecule has 35 heavy (non-hydrogen) atoms. The summed E-state index contributed by atoms with van der Waals surface area (Å²) in [6, 6.07) is 16.5. The number of pyridine rings is 1. The summed E-state index contributed by atoms with van der Waals surface area (Å²) < 4.78 is 2.17. The van der Waals surface area contributed by atoms with Crippen molar-refractivity contribution in [1.82, 2.24) is 24.3 Å². The van der Waals surface area contributed by atoms with Gasteiger partial charge in [0.15, 0.2) is 5.65 Å². The van der Waals surface area contributed by atoms with E-state index >= 15 is 0 Å². The molecule has 1 N–H and O–H groups in total. The molecular weight excluding hydrogens is 436 g/mol. The molecule has 1 aliphatic heterocycles. The van der Waals surface area contributed by atoms with Crippen molar-refractivity contribution >= 4 is 22.9 Å². The van der Waals surface area contributed by atoms with Crippen molar-refractivity contribution in [3.8, 4) is 5.69 Å². The van der Waals surface area contributed by atoms with Gasteiger partial charge in [-0.2, -0.15) is 0 Å². The Morgan fingerprint density at radius 2 is 1.66 bits per heavy atom. The fourth-order valence-electron chi connectivity index (χ4n) is 4.75. The van der Waals surface area contributed by atoms with E-state index in [2.05, 4.69) is 65.7 Å². The Bertz CT molecular complexity index is 1360. The van der Waals surface area contributed by atoms with Gasteiger partial charge < -0.3 is 10.2 Å². The topological polar surface area (TPSA) is 66.3 Å². The van der Waals surface area contributed by atoms with E-state index in [1.54, 1.807) is 0 Å². The van der Waals surface area contributed by atoms with Crippen LogP contribution in [0.25, 0.3) is 16.9 Å². The minimum atomic E-state index is -0.0421. The van der Waals surface area contributed by atoms with E-state index in [0.717, 1.165) is 41.5 Å². The molecule has 3 heterocycles. The third-order valence-electron chi connectivity index (χ3n) is 6.73. The standard InChI is InChI=1S/C28H32N6O/c1-19-14-20(2)16-24(15-19)34-26(31-25-6-5-9-29-27(25)34)18-32-10-12-33(13-11-32)28(35)30-23-8-7-21(3)22(4)17-23/h5-9,14-17H,10-13,18H2,1-4H3,(H,30,35). The normalized spacial score (nSPS) is 14.5. The average Bonchev–Trinajstić information content (AvgIpc) is 3.19. The van der Waals surface area contributed by atoms with E-state index in [0.29, 0.717) is 19.6 Å². The highest BCUT2D eigenvalue weighted by Crippen LogP contribution is 2.23. The highest BCUT2D eigenvalue weighted by atomic mass is 16.2. The number of fused-ring (bicyclic) bond motifs is 1. The molecule has 0 radical (unpaired) electrons. The van der Waals surface area contributed by atoms with Gasteiger partial charge in [0.05, 0.1) is 6.54 Å². The van der Waals surface area contributed by atoms with Crippen LogP contribution in [0.4, 0.5) is 10.5 Å². The first-order valence-corrected chi connectivity index (χ1v) is 12.1. The number of urea groups is 1. The number of imidazole rings is 1. The maximum absolute atomic E-state index is 12.8. The molecule has 1 saturated heterocycles. The first-order chi connectivity index (χ1) is 16.9. The van der Waals surface area contributed by atoms with Crippen LogP contribution >= 0.6 is 0 Å². The van der Waals surface area contributed by atoms with Crippen molar-refractivity contribution in [2.24, 2.45) is 0 Å². The molecule has 0 unspecified atom stereocenters. The average molecular weight is 469 g/mol. The summed E-state index contributed by atoms with van der Waals surface area (Å²) in [5.41, 5.74) is 8.53. The Balaban J connectivity index is 1.30. The van der Waals surface area contributed by atoms with Gasteiger partial charge in [0.2, 0.25) is 0 Å². The lowest BCUT2D eigenvalue weighted by atomic mass is 10.1. The number of nitrogens with one attached hydrogen (secondary N) is 1. The molecule has 180 valence electrons. The van der Waals surface area contributed by atoms with Crippen LogP contribution in [0.5, 0.6) is 0 Å². The van der Waals surface area contributed by atoms with E-state index < -0.39 is 0 Å². The van der Waals surface area contributed by atoms with Gasteiger partial charge in [-0.25, -0.2) is 14.8 Å². The third kappa shape index (κ3) is 4.91. The molecule has 7 heteroatoms. The number of nitrogens with zero attached hydrogens (tertiary/aromatic N) is 5. The summed E-state index contributed by atoms with van der Waals surface area (Å²) >= 11 is 0. The summed E-state index contributed by atoms with van der Waals surface area (Å²) in [5.74, 6) is 0.969. The van der Waals surface area contributed by atoms with Crippen molar-refractivity contribution in [3.63, 3.8) is 0 Å². The lowest BCUT2D eigenvalue weighted by Gasteiger charge is -2.34. The summed E-state index contributed by atoms with van der Waals surface area (Å²) in [7, 11) is 0. The number of aryl methyl sites for hydroxylation is 4. The van der Waals surface area contributed by atoms with Gasteiger partial charge in [0.1, 0.15) is 11.3 Å². The summed E-state index contributed by atoms with van der Waals surface area (Å²) in [4.78, 5) is 26.6. The molecule has 1 aliphatic rings. The van der Waals surface area contributed by atoms with E-state index in [1.807, 2.05) is 41.4 Å². The molecule has 5 rings (SSSR count). The van der Waals surface area contributed by atoms with E-state index in [-0.39, 0.29) is 6.03 Å². The fraction of sp³-hybridized carbons (Fsp3) is 0.321. The van der Waals surface area contributed by atoms with E-state index in [9.17, 15) is 4.79 Å². The van der Waals surface area contributed by atoms with E-state index in [4.69, 9.17) is 4.98 Å². The predicted octanol–water partition coefficient (Wildman–Crippen LogP) is 5.00. The van der Waals surface area contributed by atoms with Crippen LogP contribution < -0.4 is 5.32 Å². The third-order valence-corrected chi connectivity index (χ3v) is 6.73. The summed E-state index contributed by atoms with van der Waals surface area (Å²) in [6.45, 7) is 12.0. The number of rotatable bonds is 4. The molecule has 2 amide bonds. The zero-order valence-corrected chi connectivity index (χ0v) is 20.9. The van der Waals surface area contributed by atoms with E-state index in [1.165, 1.54) is 22.3 Å². The molecular formula is C28H32N6O. The van der Waals surface area contributed by atoms with Crippen LogP contribution in [0.15, 0.2) is 54.7 Å². The number of carbonyl (C=O) groups excluding carboxylic acids is 1. The minimum Gasteiger partial charge on any atom is -0.322 e. The number of anilines is 1. The van der Waals surface area contributed by atoms with Gasteiger partial charge in [-0.1, -0.05) is 12.1 Å². The van der Waals surface area contributed by atoms with Crippen molar-refractivity contribution in [3.05, 3.63) is 82.8 Å². The Morgan fingerprint density at radius 1 is 0.914 bits per heavy atom. The molecule has 0 atom stereocenters. The van der Waals surface area contributed by atoms with Crippen molar-refractivity contribution in [2.45, 2.75) is 34.2 Å². The van der Waals surface area contributed by atoms with Crippen LogP contribution in [0.1, 0.15) is 28.1 Å².